The van der Waals surface area contributed by atoms with E-state index < -0.39 is 41.7 Å². The Morgan fingerprint density at radius 1 is 0.596 bits per heavy atom. The van der Waals surface area contributed by atoms with Gasteiger partial charge in [0, 0.05) is 5.57 Å². The maximum absolute atomic E-state index is 13.8. The van der Waals surface area contributed by atoms with E-state index in [4.69, 9.17) is 4.74 Å². The Morgan fingerprint density at radius 3 is 1.31 bits per heavy atom. The lowest BCUT2D eigenvalue weighted by atomic mass is 9.87. The van der Waals surface area contributed by atoms with E-state index in [-0.39, 0.29) is 49.8 Å². The normalized spacial score (nSPS) is 14.2. The molecule has 0 fully saturated rings. The molecule has 10 nitrogen and oxygen atoms in total. The molecule has 4 aromatic carbocycles. The lowest BCUT2D eigenvalue weighted by Crippen LogP contribution is -2.32. The quantitative estimate of drug-likeness (QED) is 0.161. The van der Waals surface area contributed by atoms with Crippen molar-refractivity contribution in [3.63, 3.8) is 0 Å². The summed E-state index contributed by atoms with van der Waals surface area (Å²) < 4.78 is 5.77. The van der Waals surface area contributed by atoms with Gasteiger partial charge in [0.05, 0.1) is 33.6 Å². The van der Waals surface area contributed by atoms with Crippen LogP contribution in [0.4, 0.5) is 16.2 Å². The lowest BCUT2D eigenvalue weighted by Gasteiger charge is -2.21. The molecule has 0 aromatic heterocycles. The predicted octanol–water partition coefficient (Wildman–Crippen LogP) is 7.80. The number of carbonyl (C=O) groups excluding carboxylic acids is 6. The van der Waals surface area contributed by atoms with Crippen LogP contribution in [0.2, 0.25) is 0 Å². The van der Waals surface area contributed by atoms with Gasteiger partial charge in [0.25, 0.3) is 29.5 Å². The molecule has 0 saturated heterocycles. The number of hydrogen-bond donors (Lipinski definition) is 1. The first-order valence-corrected chi connectivity index (χ1v) is 16.8. The van der Waals surface area contributed by atoms with Gasteiger partial charge in [-0.1, -0.05) is 84.5 Å². The molecule has 0 saturated carbocycles. The first-order chi connectivity index (χ1) is 24.4. The first kappa shape index (κ1) is 35.7. The SMILES string of the molecule is C=C(C)C(=O)NC(=O)OC(c1ccc2c(c1)C(=O)N(c1ccc(C(C)(C)C)cc1)C2=O)c1ccc2c(c1)C(=O)N(c1ccc(C(C)(C)C)cc1)C2=O. The summed E-state index contributed by atoms with van der Waals surface area (Å²) in [5, 5.41) is 2.11. The second kappa shape index (κ2) is 12.9. The van der Waals surface area contributed by atoms with Gasteiger partial charge in [-0.3, -0.25) is 29.3 Å². The number of nitrogens with zero attached hydrogens (tertiary/aromatic N) is 2. The van der Waals surface area contributed by atoms with E-state index in [0.717, 1.165) is 20.9 Å². The molecular weight excluding hydrogens is 658 g/mol. The van der Waals surface area contributed by atoms with Gasteiger partial charge in [0.1, 0.15) is 0 Å². The summed E-state index contributed by atoms with van der Waals surface area (Å²) in [5.74, 6) is -2.89. The number of ether oxygens (including phenoxy) is 1. The van der Waals surface area contributed by atoms with Crippen LogP contribution < -0.4 is 15.1 Å². The third-order valence-electron chi connectivity index (χ3n) is 9.24. The molecule has 10 heteroatoms. The van der Waals surface area contributed by atoms with Crippen molar-refractivity contribution < 1.29 is 33.5 Å². The molecule has 6 rings (SSSR count). The number of carbonyl (C=O) groups is 6. The highest BCUT2D eigenvalue weighted by Crippen LogP contribution is 2.37. The van der Waals surface area contributed by atoms with Gasteiger partial charge < -0.3 is 4.74 Å². The Kier molecular flexibility index (Phi) is 8.82. The van der Waals surface area contributed by atoms with Gasteiger partial charge in [-0.05, 0) is 88.5 Å². The molecule has 2 aliphatic heterocycles. The minimum atomic E-state index is -1.26. The molecule has 52 heavy (non-hydrogen) atoms. The Bertz CT molecular complexity index is 2070. The minimum Gasteiger partial charge on any atom is -0.436 e. The summed E-state index contributed by atoms with van der Waals surface area (Å²) in [6.07, 6.45) is -2.37. The second-order valence-electron chi connectivity index (χ2n) is 15.1. The van der Waals surface area contributed by atoms with Crippen LogP contribution in [0.15, 0.2) is 97.1 Å². The number of imide groups is 3. The summed E-state index contributed by atoms with van der Waals surface area (Å²) in [4.78, 5) is 82.0. The Hall–Kier alpha value is -6.16. The molecule has 264 valence electrons. The van der Waals surface area contributed by atoms with E-state index in [2.05, 4.69) is 53.4 Å². The predicted molar refractivity (Wildman–Crippen MR) is 197 cm³/mol. The van der Waals surface area contributed by atoms with Crippen LogP contribution in [0, 0.1) is 0 Å². The van der Waals surface area contributed by atoms with Gasteiger partial charge in [0.2, 0.25) is 0 Å². The number of alkyl carbamates (subject to hydrolysis) is 1. The fraction of sp³-hybridized carbons (Fsp3) is 0.238. The van der Waals surface area contributed by atoms with Crippen LogP contribution in [-0.2, 0) is 20.4 Å². The zero-order valence-electron chi connectivity index (χ0n) is 30.1. The maximum Gasteiger partial charge on any atom is 0.415 e. The van der Waals surface area contributed by atoms with Crippen LogP contribution in [0.25, 0.3) is 0 Å². The van der Waals surface area contributed by atoms with Gasteiger partial charge >= 0.3 is 6.09 Å². The molecule has 0 unspecified atom stereocenters. The van der Waals surface area contributed by atoms with E-state index in [1.807, 2.05) is 24.3 Å². The average Bonchev–Trinajstić information content (AvgIpc) is 3.49. The van der Waals surface area contributed by atoms with E-state index in [0.29, 0.717) is 11.4 Å². The topological polar surface area (TPSA) is 130 Å². The number of fused-ring (bicyclic) bond motifs is 2. The van der Waals surface area contributed by atoms with Crippen LogP contribution >= 0.6 is 0 Å². The maximum atomic E-state index is 13.8. The standard InChI is InChI=1S/C42H39N3O7/c1-23(2)35(46)43-40(51)52-34(24-9-19-30-32(21-24)38(49)44(36(30)47)28-15-11-26(12-16-28)41(3,4)5)25-10-20-31-33(22-25)39(50)45(37(31)48)29-17-13-27(14-18-29)42(6,7)8/h9-22,34H,1H2,2-8H3,(H,43,46,51). The zero-order valence-corrected chi connectivity index (χ0v) is 30.1. The number of rotatable bonds is 6. The highest BCUT2D eigenvalue weighted by molar-refractivity contribution is 6.35. The minimum absolute atomic E-state index is 0.0722. The number of amides is 6. The summed E-state index contributed by atoms with van der Waals surface area (Å²) in [6, 6.07) is 23.4. The van der Waals surface area contributed by atoms with Crippen LogP contribution in [0.3, 0.4) is 0 Å². The van der Waals surface area contributed by atoms with Crippen molar-refractivity contribution in [2.45, 2.75) is 65.4 Å². The monoisotopic (exact) mass is 697 g/mol. The molecule has 0 atom stereocenters. The lowest BCUT2D eigenvalue weighted by molar-refractivity contribution is -0.116. The van der Waals surface area contributed by atoms with Crippen molar-refractivity contribution in [1.82, 2.24) is 5.32 Å². The van der Waals surface area contributed by atoms with Crippen molar-refractivity contribution in [1.29, 1.82) is 0 Å². The summed E-state index contributed by atoms with van der Waals surface area (Å²) in [5.41, 5.74) is 3.79. The first-order valence-electron chi connectivity index (χ1n) is 16.8. The summed E-state index contributed by atoms with van der Waals surface area (Å²) in [7, 11) is 0. The molecule has 0 spiro atoms. The van der Waals surface area contributed by atoms with Crippen molar-refractivity contribution >= 4 is 47.0 Å². The number of hydrogen-bond acceptors (Lipinski definition) is 7. The molecule has 4 aromatic rings. The fourth-order valence-electron chi connectivity index (χ4n) is 6.20. The molecular formula is C42H39N3O7. The number of anilines is 2. The molecule has 1 N–H and O–H groups in total. The van der Waals surface area contributed by atoms with E-state index >= 15 is 0 Å². The Labute approximate surface area is 302 Å². The fourth-order valence-corrected chi connectivity index (χ4v) is 6.20. The van der Waals surface area contributed by atoms with Gasteiger partial charge in [-0.2, -0.15) is 0 Å². The summed E-state index contributed by atoms with van der Waals surface area (Å²) >= 11 is 0. The van der Waals surface area contributed by atoms with Crippen molar-refractivity contribution in [3.05, 3.63) is 142 Å². The number of nitrogens with one attached hydrogen (secondary N) is 1. The molecule has 0 radical (unpaired) electrons. The van der Waals surface area contributed by atoms with Crippen molar-refractivity contribution in [3.8, 4) is 0 Å². The molecule has 0 bridgehead atoms. The molecule has 0 aliphatic carbocycles. The van der Waals surface area contributed by atoms with Crippen LogP contribution in [-0.4, -0.2) is 35.6 Å². The Balaban J connectivity index is 1.36. The van der Waals surface area contributed by atoms with E-state index in [1.54, 1.807) is 24.3 Å². The third-order valence-corrected chi connectivity index (χ3v) is 9.24. The second-order valence-corrected chi connectivity index (χ2v) is 15.1. The molecule has 6 amide bonds. The van der Waals surface area contributed by atoms with E-state index in [9.17, 15) is 28.8 Å². The van der Waals surface area contributed by atoms with Crippen molar-refractivity contribution in [2.75, 3.05) is 9.80 Å². The Morgan fingerprint density at radius 2 is 0.962 bits per heavy atom. The average molecular weight is 698 g/mol. The van der Waals surface area contributed by atoms with Gasteiger partial charge in [0.15, 0.2) is 6.10 Å². The number of benzene rings is 4. The zero-order chi connectivity index (χ0) is 37.9. The van der Waals surface area contributed by atoms with Crippen LogP contribution in [0.5, 0.6) is 0 Å². The largest absolute Gasteiger partial charge is 0.436 e. The smallest absolute Gasteiger partial charge is 0.415 e. The highest BCUT2D eigenvalue weighted by Gasteiger charge is 2.40. The van der Waals surface area contributed by atoms with Gasteiger partial charge in [-0.25, -0.2) is 14.6 Å². The molecule has 2 aliphatic rings. The summed E-state index contributed by atoms with van der Waals surface area (Å²) in [6.45, 7) is 17.4. The third kappa shape index (κ3) is 6.43. The van der Waals surface area contributed by atoms with Crippen LogP contribution in [0.1, 0.15) is 118 Å². The van der Waals surface area contributed by atoms with Crippen molar-refractivity contribution in [2.24, 2.45) is 0 Å². The molecule has 2 heterocycles. The highest BCUT2D eigenvalue weighted by atomic mass is 16.6. The van der Waals surface area contributed by atoms with Gasteiger partial charge in [-0.15, -0.1) is 0 Å². The van der Waals surface area contributed by atoms with E-state index in [1.165, 1.54) is 43.3 Å².